The average molecular weight is 259 g/mol. The number of sulfone groups is 1. The van der Waals surface area contributed by atoms with Crippen LogP contribution in [0.25, 0.3) is 0 Å². The van der Waals surface area contributed by atoms with Crippen molar-refractivity contribution in [3.63, 3.8) is 0 Å². The third kappa shape index (κ3) is 2.31. The predicted molar refractivity (Wildman–Crippen MR) is 56.8 cm³/mol. The fraction of sp³-hybridized carbons (Fsp3) is 0.667. The smallest absolute Gasteiger partial charge is 0.335 e. The average Bonchev–Trinajstić information content (AvgIpc) is 2.85. The number of carbonyl (C=O) groups is 1. The van der Waals surface area contributed by atoms with Crippen LogP contribution in [0.2, 0.25) is 0 Å². The van der Waals surface area contributed by atoms with Gasteiger partial charge in [0.2, 0.25) is 21.6 Å². The van der Waals surface area contributed by atoms with E-state index in [4.69, 9.17) is 4.42 Å². The van der Waals surface area contributed by atoms with Crippen molar-refractivity contribution in [1.82, 2.24) is 15.1 Å². The Morgan fingerprint density at radius 1 is 1.47 bits per heavy atom. The summed E-state index contributed by atoms with van der Waals surface area (Å²) in [6, 6.07) is -0.296. The maximum absolute atomic E-state index is 11.4. The van der Waals surface area contributed by atoms with Crippen LogP contribution in [-0.2, 0) is 14.6 Å². The highest BCUT2D eigenvalue weighted by atomic mass is 32.2. The third-order valence-electron chi connectivity index (χ3n) is 2.68. The van der Waals surface area contributed by atoms with E-state index in [1.165, 1.54) is 6.92 Å². The normalized spacial score (nSPS) is 20.8. The van der Waals surface area contributed by atoms with Crippen LogP contribution in [-0.4, -0.2) is 42.2 Å². The molecule has 0 unspecified atom stereocenters. The van der Waals surface area contributed by atoms with Gasteiger partial charge in [-0.05, 0) is 12.8 Å². The van der Waals surface area contributed by atoms with Gasteiger partial charge in [0.25, 0.3) is 0 Å². The summed E-state index contributed by atoms with van der Waals surface area (Å²) >= 11 is 0. The van der Waals surface area contributed by atoms with Crippen molar-refractivity contribution in [2.45, 2.75) is 31.0 Å². The molecule has 1 aliphatic rings. The standard InChI is InChI=1S/C9H13N3O4S/c1-6(13)12-5-3-4-7(12)8-10-11-9(16-8)17(2,14)15/h7H,3-5H2,1-2H3/t7-/m0/s1. The van der Waals surface area contributed by atoms with E-state index in [0.29, 0.717) is 13.0 Å². The van der Waals surface area contributed by atoms with Crippen LogP contribution in [0, 0.1) is 0 Å². The van der Waals surface area contributed by atoms with E-state index in [2.05, 4.69) is 10.2 Å². The topological polar surface area (TPSA) is 93.4 Å². The van der Waals surface area contributed by atoms with E-state index < -0.39 is 15.1 Å². The number of hydrogen-bond donors (Lipinski definition) is 0. The first-order valence-electron chi connectivity index (χ1n) is 5.20. The second kappa shape index (κ2) is 4.10. The number of rotatable bonds is 2. The number of aromatic nitrogens is 2. The first kappa shape index (κ1) is 12.0. The largest absolute Gasteiger partial charge is 0.410 e. The fourth-order valence-corrected chi connectivity index (χ4v) is 2.33. The van der Waals surface area contributed by atoms with Gasteiger partial charge in [0, 0.05) is 19.7 Å². The Bertz CT molecular complexity index is 536. The molecule has 0 radical (unpaired) electrons. The van der Waals surface area contributed by atoms with Crippen LogP contribution in [0.5, 0.6) is 0 Å². The zero-order valence-electron chi connectivity index (χ0n) is 9.58. The molecule has 1 aromatic rings. The molecule has 94 valence electrons. The molecule has 0 saturated carbocycles. The number of likely N-dealkylation sites (tertiary alicyclic amines) is 1. The Balaban J connectivity index is 2.29. The summed E-state index contributed by atoms with van der Waals surface area (Å²) in [5.74, 6) is 0.115. The molecule has 2 rings (SSSR count). The first-order valence-corrected chi connectivity index (χ1v) is 7.09. The molecule has 7 nitrogen and oxygen atoms in total. The summed E-state index contributed by atoms with van der Waals surface area (Å²) in [6.07, 6.45) is 2.56. The van der Waals surface area contributed by atoms with Crippen molar-refractivity contribution >= 4 is 15.7 Å². The van der Waals surface area contributed by atoms with Crippen LogP contribution >= 0.6 is 0 Å². The second-order valence-corrected chi connectivity index (χ2v) is 5.94. The molecule has 1 aromatic heterocycles. The number of nitrogens with zero attached hydrogens (tertiary/aromatic N) is 3. The fourth-order valence-electron chi connectivity index (χ4n) is 1.91. The van der Waals surface area contributed by atoms with Crippen LogP contribution in [0.4, 0.5) is 0 Å². The van der Waals surface area contributed by atoms with Crippen LogP contribution in [0.1, 0.15) is 31.7 Å². The van der Waals surface area contributed by atoms with Crippen LogP contribution in [0.15, 0.2) is 9.64 Å². The molecule has 1 saturated heterocycles. The number of carbonyl (C=O) groups excluding carboxylic acids is 1. The highest BCUT2D eigenvalue weighted by molar-refractivity contribution is 7.90. The first-order chi connectivity index (χ1) is 7.89. The van der Waals surface area contributed by atoms with Gasteiger partial charge in [-0.3, -0.25) is 4.79 Å². The van der Waals surface area contributed by atoms with Gasteiger partial charge < -0.3 is 9.32 Å². The van der Waals surface area contributed by atoms with Crippen molar-refractivity contribution in [3.8, 4) is 0 Å². The maximum atomic E-state index is 11.4. The van der Waals surface area contributed by atoms with E-state index in [9.17, 15) is 13.2 Å². The van der Waals surface area contributed by atoms with Gasteiger partial charge in [-0.2, -0.15) is 0 Å². The quantitative estimate of drug-likeness (QED) is 0.750. The van der Waals surface area contributed by atoms with Gasteiger partial charge in [0.1, 0.15) is 6.04 Å². The Morgan fingerprint density at radius 2 is 2.18 bits per heavy atom. The van der Waals surface area contributed by atoms with E-state index in [1.54, 1.807) is 4.90 Å². The summed E-state index contributed by atoms with van der Waals surface area (Å²) in [5.41, 5.74) is 0. The lowest BCUT2D eigenvalue weighted by molar-refractivity contribution is -0.130. The summed E-state index contributed by atoms with van der Waals surface area (Å²) in [6.45, 7) is 2.10. The molecule has 0 bridgehead atoms. The molecule has 8 heteroatoms. The Morgan fingerprint density at radius 3 is 2.71 bits per heavy atom. The molecule has 1 atom stereocenters. The van der Waals surface area contributed by atoms with Crippen LogP contribution in [0.3, 0.4) is 0 Å². The van der Waals surface area contributed by atoms with Gasteiger partial charge in [-0.1, -0.05) is 5.10 Å². The van der Waals surface area contributed by atoms with Crippen LogP contribution < -0.4 is 0 Å². The highest BCUT2D eigenvalue weighted by Crippen LogP contribution is 2.31. The minimum atomic E-state index is -3.49. The second-order valence-electron chi connectivity index (χ2n) is 4.05. The highest BCUT2D eigenvalue weighted by Gasteiger charge is 2.33. The Hall–Kier alpha value is -1.44. The lowest BCUT2D eigenvalue weighted by Crippen LogP contribution is -2.28. The molecule has 2 heterocycles. The Kier molecular flexibility index (Phi) is 2.90. The summed E-state index contributed by atoms with van der Waals surface area (Å²) in [7, 11) is -3.49. The third-order valence-corrected chi connectivity index (χ3v) is 3.48. The molecular formula is C9H13N3O4S. The summed E-state index contributed by atoms with van der Waals surface area (Å²) in [5, 5.41) is 6.79. The van der Waals surface area contributed by atoms with Crippen molar-refractivity contribution in [2.24, 2.45) is 0 Å². The van der Waals surface area contributed by atoms with E-state index in [-0.39, 0.29) is 17.8 Å². The van der Waals surface area contributed by atoms with Gasteiger partial charge in [0.05, 0.1) is 0 Å². The zero-order valence-corrected chi connectivity index (χ0v) is 10.4. The van der Waals surface area contributed by atoms with Crippen molar-refractivity contribution in [3.05, 3.63) is 5.89 Å². The molecule has 0 aromatic carbocycles. The lowest BCUT2D eigenvalue weighted by Gasteiger charge is -2.19. The molecule has 17 heavy (non-hydrogen) atoms. The van der Waals surface area contributed by atoms with Gasteiger partial charge in [-0.15, -0.1) is 5.10 Å². The lowest BCUT2D eigenvalue weighted by atomic mass is 10.2. The van der Waals surface area contributed by atoms with E-state index in [0.717, 1.165) is 12.7 Å². The van der Waals surface area contributed by atoms with Gasteiger partial charge in [0.15, 0.2) is 0 Å². The molecule has 1 aliphatic heterocycles. The molecule has 1 fully saturated rings. The molecule has 0 spiro atoms. The van der Waals surface area contributed by atoms with Crippen molar-refractivity contribution < 1.29 is 17.6 Å². The van der Waals surface area contributed by atoms with Gasteiger partial charge >= 0.3 is 5.22 Å². The molecule has 1 amide bonds. The monoisotopic (exact) mass is 259 g/mol. The minimum absolute atomic E-state index is 0.0772. The van der Waals surface area contributed by atoms with Crippen molar-refractivity contribution in [2.75, 3.05) is 12.8 Å². The summed E-state index contributed by atoms with van der Waals surface area (Å²) in [4.78, 5) is 13.0. The maximum Gasteiger partial charge on any atom is 0.335 e. The SMILES string of the molecule is CC(=O)N1CCC[C@H]1c1nnc(S(C)(=O)=O)o1. The predicted octanol–water partition coefficient (Wildman–Crippen LogP) is 0.157. The molecule has 0 aliphatic carbocycles. The van der Waals surface area contributed by atoms with E-state index >= 15 is 0 Å². The number of amides is 1. The Labute approximate surface area is 98.7 Å². The molecule has 0 N–H and O–H groups in total. The number of hydrogen-bond acceptors (Lipinski definition) is 6. The minimum Gasteiger partial charge on any atom is -0.410 e. The summed E-state index contributed by atoms with van der Waals surface area (Å²) < 4.78 is 27.5. The molecular weight excluding hydrogens is 246 g/mol. The van der Waals surface area contributed by atoms with Crippen molar-refractivity contribution in [1.29, 1.82) is 0 Å². The van der Waals surface area contributed by atoms with Gasteiger partial charge in [-0.25, -0.2) is 8.42 Å². The van der Waals surface area contributed by atoms with E-state index in [1.807, 2.05) is 0 Å². The zero-order chi connectivity index (χ0) is 12.6.